The van der Waals surface area contributed by atoms with Gasteiger partial charge in [0.2, 0.25) is 0 Å². The van der Waals surface area contributed by atoms with E-state index in [2.05, 4.69) is 33.1 Å². The number of thioether (sulfide) groups is 1. The lowest BCUT2D eigenvalue weighted by Crippen LogP contribution is -2.33. The van der Waals surface area contributed by atoms with Gasteiger partial charge in [0.15, 0.2) is 5.17 Å². The van der Waals surface area contributed by atoms with Crippen LogP contribution in [0.25, 0.3) is 0 Å². The topological polar surface area (TPSA) is 32.7 Å². The number of hydrogen-bond donors (Lipinski definition) is 0. The van der Waals surface area contributed by atoms with E-state index in [1.807, 2.05) is 12.1 Å². The van der Waals surface area contributed by atoms with Gasteiger partial charge in [0.25, 0.3) is 5.91 Å². The van der Waals surface area contributed by atoms with Gasteiger partial charge in [-0.2, -0.15) is 0 Å². The van der Waals surface area contributed by atoms with Crippen molar-refractivity contribution in [1.82, 2.24) is 4.90 Å². The molecule has 1 aliphatic heterocycles. The number of aliphatic imine (C=N–C) groups is 1. The lowest BCUT2D eigenvalue weighted by atomic mass is 10.2. The Morgan fingerprint density at radius 2 is 1.96 bits per heavy atom. The van der Waals surface area contributed by atoms with E-state index < -0.39 is 0 Å². The predicted molar refractivity (Wildman–Crippen MR) is 105 cm³/mol. The molecule has 0 aliphatic carbocycles. The second-order valence-electron chi connectivity index (χ2n) is 5.16. The van der Waals surface area contributed by atoms with E-state index in [0.29, 0.717) is 28.7 Å². The van der Waals surface area contributed by atoms with E-state index in [4.69, 9.17) is 23.2 Å². The molecule has 0 N–H and O–H groups in total. The second-order valence-corrected chi connectivity index (χ2v) is 7.86. The number of halogens is 3. The first-order valence-electron chi connectivity index (χ1n) is 7.23. The molecule has 3 rings (SSSR count). The van der Waals surface area contributed by atoms with Gasteiger partial charge >= 0.3 is 0 Å². The van der Waals surface area contributed by atoms with Crippen LogP contribution in [0.5, 0.6) is 0 Å². The molecule has 1 aliphatic rings. The summed E-state index contributed by atoms with van der Waals surface area (Å²) in [6.45, 7) is 1.18. The van der Waals surface area contributed by atoms with Crippen molar-refractivity contribution in [2.75, 3.05) is 13.1 Å². The first kappa shape index (κ1) is 17.8. The van der Waals surface area contributed by atoms with Gasteiger partial charge in [0.05, 0.1) is 17.1 Å². The Balaban J connectivity index is 1.70. The number of amides is 1. The van der Waals surface area contributed by atoms with Crippen LogP contribution in [0.3, 0.4) is 0 Å². The molecule has 1 amide bonds. The summed E-state index contributed by atoms with van der Waals surface area (Å²) in [5.74, 6) is 0.612. The van der Waals surface area contributed by atoms with Gasteiger partial charge in [-0.3, -0.25) is 14.7 Å². The molecular weight excluding hydrogens is 431 g/mol. The van der Waals surface area contributed by atoms with Gasteiger partial charge in [0, 0.05) is 21.8 Å². The van der Waals surface area contributed by atoms with Crippen molar-refractivity contribution in [3.63, 3.8) is 0 Å². The molecule has 0 bridgehead atoms. The van der Waals surface area contributed by atoms with Crippen LogP contribution in [0.1, 0.15) is 15.9 Å². The molecule has 124 valence electrons. The third-order valence-corrected chi connectivity index (χ3v) is 5.65. The Labute approximate surface area is 163 Å². The number of hydrogen-bond acceptors (Lipinski definition) is 3. The second kappa shape index (κ2) is 7.91. The summed E-state index contributed by atoms with van der Waals surface area (Å²) >= 11 is 17.0. The summed E-state index contributed by atoms with van der Waals surface area (Å²) in [4.78, 5) is 18.9. The van der Waals surface area contributed by atoms with Gasteiger partial charge in [-0.05, 0) is 35.9 Å². The summed E-state index contributed by atoms with van der Waals surface area (Å²) in [5.41, 5.74) is 1.62. The van der Waals surface area contributed by atoms with E-state index in [9.17, 15) is 4.79 Å². The van der Waals surface area contributed by atoms with E-state index in [0.717, 1.165) is 15.4 Å². The number of amidine groups is 1. The van der Waals surface area contributed by atoms with Crippen molar-refractivity contribution in [2.24, 2.45) is 4.99 Å². The Morgan fingerprint density at radius 3 is 2.67 bits per heavy atom. The monoisotopic (exact) mass is 442 g/mol. The molecule has 24 heavy (non-hydrogen) atoms. The summed E-state index contributed by atoms with van der Waals surface area (Å²) < 4.78 is 1.05. The standard InChI is InChI=1S/C17H13BrCl2N2OS/c18-12-3-1-11(2-4-12)10-24-17-21-7-8-22(17)16(23)14-6-5-13(19)9-15(14)20/h1-6,9H,7-8,10H2. The van der Waals surface area contributed by atoms with Crippen LogP contribution in [0.2, 0.25) is 10.0 Å². The molecule has 7 heteroatoms. The Bertz CT molecular complexity index is 796. The van der Waals surface area contributed by atoms with Gasteiger partial charge in [0.1, 0.15) is 0 Å². The van der Waals surface area contributed by atoms with Gasteiger partial charge in [-0.15, -0.1) is 0 Å². The minimum absolute atomic E-state index is 0.142. The van der Waals surface area contributed by atoms with Crippen LogP contribution in [-0.2, 0) is 5.75 Å². The van der Waals surface area contributed by atoms with Crippen molar-refractivity contribution < 1.29 is 4.79 Å². The average molecular weight is 444 g/mol. The Hall–Kier alpha value is -1.01. The van der Waals surface area contributed by atoms with Crippen LogP contribution in [0.15, 0.2) is 51.9 Å². The first-order valence-corrected chi connectivity index (χ1v) is 9.76. The largest absolute Gasteiger partial charge is 0.286 e. The van der Waals surface area contributed by atoms with E-state index in [-0.39, 0.29) is 5.91 Å². The molecule has 2 aromatic rings. The zero-order valence-corrected chi connectivity index (χ0v) is 16.4. The predicted octanol–water partition coefficient (Wildman–Crippen LogP) is 5.50. The number of rotatable bonds is 3. The fourth-order valence-electron chi connectivity index (χ4n) is 2.28. The molecule has 0 spiro atoms. The fraction of sp³-hybridized carbons (Fsp3) is 0.176. The van der Waals surface area contributed by atoms with E-state index in [1.165, 1.54) is 5.56 Å². The van der Waals surface area contributed by atoms with Crippen molar-refractivity contribution >= 4 is 62.0 Å². The molecule has 0 saturated carbocycles. The molecular formula is C17H13BrCl2N2OS. The number of carbonyl (C=O) groups is 1. The Morgan fingerprint density at radius 1 is 1.21 bits per heavy atom. The van der Waals surface area contributed by atoms with Gasteiger partial charge in [-0.25, -0.2) is 0 Å². The number of benzene rings is 2. The highest BCUT2D eigenvalue weighted by molar-refractivity contribution is 9.10. The van der Waals surface area contributed by atoms with Crippen LogP contribution < -0.4 is 0 Å². The molecule has 0 unspecified atom stereocenters. The summed E-state index contributed by atoms with van der Waals surface area (Å²) in [6, 6.07) is 13.0. The smallest absolute Gasteiger partial charge is 0.261 e. The van der Waals surface area contributed by atoms with Crippen LogP contribution in [-0.4, -0.2) is 29.1 Å². The molecule has 0 radical (unpaired) electrons. The summed E-state index contributed by atoms with van der Waals surface area (Å²) in [5, 5.41) is 1.60. The molecule has 0 saturated heterocycles. The third-order valence-electron chi connectivity index (χ3n) is 3.49. The quantitative estimate of drug-likeness (QED) is 0.627. The first-order chi connectivity index (χ1) is 11.5. The lowest BCUT2D eigenvalue weighted by Gasteiger charge is -2.18. The number of nitrogens with zero attached hydrogens (tertiary/aromatic N) is 2. The van der Waals surface area contributed by atoms with Crippen LogP contribution in [0, 0.1) is 0 Å². The molecule has 0 atom stereocenters. The van der Waals surface area contributed by atoms with Crippen molar-refractivity contribution in [2.45, 2.75) is 5.75 Å². The Kier molecular flexibility index (Phi) is 5.87. The maximum atomic E-state index is 12.7. The zero-order chi connectivity index (χ0) is 17.1. The normalized spacial score (nSPS) is 14.0. The summed E-state index contributed by atoms with van der Waals surface area (Å²) in [7, 11) is 0. The van der Waals surface area contributed by atoms with Crippen LogP contribution in [0.4, 0.5) is 0 Å². The molecule has 1 heterocycles. The minimum atomic E-state index is -0.142. The third kappa shape index (κ3) is 4.14. The minimum Gasteiger partial charge on any atom is -0.286 e. The van der Waals surface area contributed by atoms with Crippen LogP contribution >= 0.6 is 50.9 Å². The lowest BCUT2D eigenvalue weighted by molar-refractivity contribution is 0.0861. The maximum absolute atomic E-state index is 12.7. The molecule has 0 aromatic heterocycles. The fourth-order valence-corrected chi connectivity index (χ4v) is 4.03. The van der Waals surface area contributed by atoms with Crippen molar-refractivity contribution in [3.05, 3.63) is 68.1 Å². The molecule has 3 nitrogen and oxygen atoms in total. The van der Waals surface area contributed by atoms with Gasteiger partial charge in [-0.1, -0.05) is 63.0 Å². The van der Waals surface area contributed by atoms with Crippen molar-refractivity contribution in [3.8, 4) is 0 Å². The zero-order valence-electron chi connectivity index (χ0n) is 12.5. The van der Waals surface area contributed by atoms with Crippen molar-refractivity contribution in [1.29, 1.82) is 0 Å². The van der Waals surface area contributed by atoms with E-state index in [1.54, 1.807) is 34.9 Å². The highest BCUT2D eigenvalue weighted by Gasteiger charge is 2.26. The molecule has 2 aromatic carbocycles. The number of carbonyl (C=O) groups excluding carboxylic acids is 1. The average Bonchev–Trinajstić information content (AvgIpc) is 3.02. The summed E-state index contributed by atoms with van der Waals surface area (Å²) in [6.07, 6.45) is 0. The maximum Gasteiger partial charge on any atom is 0.261 e. The SMILES string of the molecule is O=C(c1ccc(Cl)cc1Cl)N1CCN=C1SCc1ccc(Br)cc1. The van der Waals surface area contributed by atoms with Gasteiger partial charge < -0.3 is 0 Å². The highest BCUT2D eigenvalue weighted by Crippen LogP contribution is 2.26. The van der Waals surface area contributed by atoms with E-state index >= 15 is 0 Å². The molecule has 0 fully saturated rings. The highest BCUT2D eigenvalue weighted by atomic mass is 79.9.